The lowest BCUT2D eigenvalue weighted by atomic mass is 10.0. The minimum Gasteiger partial charge on any atom is -0.463 e. The summed E-state index contributed by atoms with van der Waals surface area (Å²) in [6, 6.07) is 11.9. The Morgan fingerprint density at radius 3 is 2.75 bits per heavy atom. The topological polar surface area (TPSA) is 58.6 Å². The molecule has 1 amide bonds. The molecule has 28 heavy (non-hydrogen) atoms. The van der Waals surface area contributed by atoms with Crippen LogP contribution < -0.4 is 10.2 Å². The first-order chi connectivity index (χ1) is 13.5. The van der Waals surface area contributed by atoms with Gasteiger partial charge in [-0.1, -0.05) is 12.1 Å². The van der Waals surface area contributed by atoms with Crippen molar-refractivity contribution in [2.45, 2.75) is 19.8 Å². The van der Waals surface area contributed by atoms with E-state index in [1.165, 1.54) is 12.1 Å². The van der Waals surface area contributed by atoms with E-state index in [0.717, 1.165) is 36.2 Å². The molecule has 0 bridgehead atoms. The first-order valence-electron chi connectivity index (χ1n) is 9.33. The smallest absolute Gasteiger partial charge is 0.330 e. The van der Waals surface area contributed by atoms with Crippen LogP contribution in [0.5, 0.6) is 0 Å². The zero-order valence-electron chi connectivity index (χ0n) is 15.8. The molecule has 146 valence electrons. The predicted molar refractivity (Wildman–Crippen MR) is 108 cm³/mol. The second kappa shape index (κ2) is 9.17. The highest BCUT2D eigenvalue weighted by Crippen LogP contribution is 2.27. The minimum absolute atomic E-state index is 0.132. The summed E-state index contributed by atoms with van der Waals surface area (Å²) in [6.07, 6.45) is 4.75. The molecule has 0 saturated carbocycles. The largest absolute Gasteiger partial charge is 0.463 e. The lowest BCUT2D eigenvalue weighted by Gasteiger charge is -2.30. The zero-order valence-corrected chi connectivity index (χ0v) is 15.8. The number of rotatable bonds is 6. The van der Waals surface area contributed by atoms with Gasteiger partial charge >= 0.3 is 5.97 Å². The maximum atomic E-state index is 13.4. The minimum atomic E-state index is -0.387. The lowest BCUT2D eigenvalue weighted by molar-refractivity contribution is -0.137. The summed E-state index contributed by atoms with van der Waals surface area (Å²) < 4.78 is 18.2. The molecule has 0 unspecified atom stereocenters. The van der Waals surface area contributed by atoms with E-state index in [4.69, 9.17) is 4.74 Å². The fourth-order valence-corrected chi connectivity index (χ4v) is 3.21. The number of fused-ring (bicyclic) bond motifs is 1. The molecular formula is C22H23FN2O3. The highest BCUT2D eigenvalue weighted by Gasteiger charge is 2.19. The third-order valence-corrected chi connectivity index (χ3v) is 4.48. The van der Waals surface area contributed by atoms with Crippen LogP contribution >= 0.6 is 0 Å². The monoisotopic (exact) mass is 382 g/mol. The van der Waals surface area contributed by atoms with Crippen molar-refractivity contribution in [3.05, 3.63) is 65.5 Å². The molecule has 5 nitrogen and oxygen atoms in total. The van der Waals surface area contributed by atoms with Gasteiger partial charge in [-0.25, -0.2) is 9.18 Å². The molecule has 1 heterocycles. The number of ether oxygens (including phenoxy) is 1. The Balaban J connectivity index is 1.58. The van der Waals surface area contributed by atoms with E-state index in [0.29, 0.717) is 12.3 Å². The van der Waals surface area contributed by atoms with E-state index in [2.05, 4.69) is 5.32 Å². The average Bonchev–Trinajstić information content (AvgIpc) is 2.67. The second-order valence-electron chi connectivity index (χ2n) is 6.55. The Morgan fingerprint density at radius 2 is 2.00 bits per heavy atom. The van der Waals surface area contributed by atoms with E-state index >= 15 is 0 Å². The molecule has 0 aliphatic carbocycles. The van der Waals surface area contributed by atoms with Crippen LogP contribution in [0.3, 0.4) is 0 Å². The van der Waals surface area contributed by atoms with Gasteiger partial charge < -0.3 is 15.0 Å². The summed E-state index contributed by atoms with van der Waals surface area (Å²) in [4.78, 5) is 25.7. The molecule has 1 aliphatic heterocycles. The van der Waals surface area contributed by atoms with Crippen LogP contribution in [0, 0.1) is 5.82 Å². The first kappa shape index (κ1) is 19.6. The Bertz CT molecular complexity index is 878. The Morgan fingerprint density at radius 1 is 1.21 bits per heavy atom. The Labute approximate surface area is 163 Å². The summed E-state index contributed by atoms with van der Waals surface area (Å²) in [5.41, 5.74) is 3.37. The van der Waals surface area contributed by atoms with Crippen molar-refractivity contribution in [3.63, 3.8) is 0 Å². The highest BCUT2D eigenvalue weighted by atomic mass is 19.1. The van der Waals surface area contributed by atoms with E-state index in [9.17, 15) is 14.0 Å². The quantitative estimate of drug-likeness (QED) is 0.610. The van der Waals surface area contributed by atoms with E-state index < -0.39 is 0 Å². The molecule has 0 atom stereocenters. The molecule has 2 aromatic carbocycles. The standard InChI is InChI=1S/C22H23FN2O3/c1-2-28-22(27)12-7-16-5-9-19(10-6-16)24-21(26)15-25-13-3-4-17-14-18(23)8-11-20(17)25/h5-12,14H,2-4,13,15H2,1H3,(H,24,26)/b12-7+. The lowest BCUT2D eigenvalue weighted by Crippen LogP contribution is -2.36. The van der Waals surface area contributed by atoms with Crippen LogP contribution in [0.2, 0.25) is 0 Å². The molecule has 1 aliphatic rings. The van der Waals surface area contributed by atoms with Gasteiger partial charge in [0, 0.05) is 24.0 Å². The number of nitrogens with zero attached hydrogens (tertiary/aromatic N) is 1. The maximum Gasteiger partial charge on any atom is 0.330 e. The summed E-state index contributed by atoms with van der Waals surface area (Å²) >= 11 is 0. The summed E-state index contributed by atoms with van der Waals surface area (Å²) in [6.45, 7) is 3.07. The summed E-state index contributed by atoms with van der Waals surface area (Å²) in [7, 11) is 0. The van der Waals surface area contributed by atoms with Crippen LogP contribution in [0.4, 0.5) is 15.8 Å². The van der Waals surface area contributed by atoms with Gasteiger partial charge in [-0.05, 0) is 67.3 Å². The number of anilines is 2. The fraction of sp³-hybridized carbons (Fsp3) is 0.273. The van der Waals surface area contributed by atoms with Crippen molar-refractivity contribution in [2.24, 2.45) is 0 Å². The first-order valence-corrected chi connectivity index (χ1v) is 9.33. The number of hydrogen-bond donors (Lipinski definition) is 1. The van der Waals surface area contributed by atoms with Crippen LogP contribution in [-0.4, -0.2) is 31.6 Å². The molecular weight excluding hydrogens is 359 g/mol. The van der Waals surface area contributed by atoms with Crippen LogP contribution in [0.25, 0.3) is 6.08 Å². The number of aryl methyl sites for hydroxylation is 1. The SMILES string of the molecule is CCOC(=O)/C=C/c1ccc(NC(=O)CN2CCCc3cc(F)ccc32)cc1. The molecule has 1 N–H and O–H groups in total. The van der Waals surface area contributed by atoms with Gasteiger partial charge in [-0.15, -0.1) is 0 Å². The normalized spacial score (nSPS) is 13.3. The molecule has 3 rings (SSSR count). The number of esters is 1. The maximum absolute atomic E-state index is 13.4. The van der Waals surface area contributed by atoms with Gasteiger partial charge in [-0.3, -0.25) is 4.79 Å². The van der Waals surface area contributed by atoms with Gasteiger partial charge in [-0.2, -0.15) is 0 Å². The number of benzene rings is 2. The number of halogens is 1. The fourth-order valence-electron chi connectivity index (χ4n) is 3.21. The van der Waals surface area contributed by atoms with E-state index in [1.54, 1.807) is 37.3 Å². The van der Waals surface area contributed by atoms with Gasteiger partial charge in [0.25, 0.3) is 0 Å². The van der Waals surface area contributed by atoms with Gasteiger partial charge in [0.2, 0.25) is 5.91 Å². The van der Waals surface area contributed by atoms with E-state index in [-0.39, 0.29) is 24.2 Å². The summed E-state index contributed by atoms with van der Waals surface area (Å²) in [5, 5.41) is 2.87. The molecule has 2 aromatic rings. The molecule has 0 aromatic heterocycles. The number of carbonyl (C=O) groups is 2. The van der Waals surface area contributed by atoms with Gasteiger partial charge in [0.05, 0.1) is 13.2 Å². The summed E-state index contributed by atoms with van der Waals surface area (Å²) in [5.74, 6) is -0.768. The van der Waals surface area contributed by atoms with Crippen molar-refractivity contribution < 1.29 is 18.7 Å². The number of amides is 1. The van der Waals surface area contributed by atoms with Gasteiger partial charge in [0.1, 0.15) is 5.82 Å². The number of hydrogen-bond acceptors (Lipinski definition) is 4. The molecule has 0 radical (unpaired) electrons. The van der Waals surface area contributed by atoms with Gasteiger partial charge in [0.15, 0.2) is 0 Å². The molecule has 0 spiro atoms. The average molecular weight is 382 g/mol. The molecule has 0 saturated heterocycles. The van der Waals surface area contributed by atoms with Crippen molar-refractivity contribution >= 4 is 29.3 Å². The second-order valence-corrected chi connectivity index (χ2v) is 6.55. The number of carbonyl (C=O) groups excluding carboxylic acids is 2. The molecule has 6 heteroatoms. The Kier molecular flexibility index (Phi) is 6.42. The predicted octanol–water partition coefficient (Wildman–Crippen LogP) is 3.79. The van der Waals surface area contributed by atoms with Crippen molar-refractivity contribution in [2.75, 3.05) is 29.9 Å². The van der Waals surface area contributed by atoms with Crippen LogP contribution in [0.1, 0.15) is 24.5 Å². The van der Waals surface area contributed by atoms with Crippen molar-refractivity contribution in [1.82, 2.24) is 0 Å². The van der Waals surface area contributed by atoms with Crippen LogP contribution in [-0.2, 0) is 20.7 Å². The van der Waals surface area contributed by atoms with Crippen molar-refractivity contribution in [3.8, 4) is 0 Å². The third kappa shape index (κ3) is 5.19. The van der Waals surface area contributed by atoms with E-state index in [1.807, 2.05) is 17.0 Å². The van der Waals surface area contributed by atoms with Crippen LogP contribution in [0.15, 0.2) is 48.5 Å². The zero-order chi connectivity index (χ0) is 19.9. The Hall–Kier alpha value is -3.15. The van der Waals surface area contributed by atoms with Crippen molar-refractivity contribution in [1.29, 1.82) is 0 Å². The number of nitrogens with one attached hydrogen (secondary N) is 1. The highest BCUT2D eigenvalue weighted by molar-refractivity contribution is 5.94. The molecule has 0 fully saturated rings. The third-order valence-electron chi connectivity index (χ3n) is 4.48.